The van der Waals surface area contributed by atoms with Crippen molar-refractivity contribution in [3.8, 4) is 23.7 Å². The molecule has 0 N–H and O–H groups in total. The number of unbranched alkanes of at least 4 members (excludes halogenated alkanes) is 4. The molecule has 0 aliphatic rings. The van der Waals surface area contributed by atoms with Gasteiger partial charge in [-0.15, -0.1) is 0 Å². The Labute approximate surface area is 199 Å². The van der Waals surface area contributed by atoms with Gasteiger partial charge in [0.15, 0.2) is 0 Å². The van der Waals surface area contributed by atoms with E-state index >= 15 is 0 Å². The van der Waals surface area contributed by atoms with Crippen LogP contribution in [-0.4, -0.2) is 0 Å². The highest BCUT2D eigenvalue weighted by atomic mass is 19.1. The number of benzene rings is 3. The molecule has 1 heteroatoms. The minimum Gasteiger partial charge on any atom is -0.206 e. The van der Waals surface area contributed by atoms with Gasteiger partial charge < -0.3 is 0 Å². The van der Waals surface area contributed by atoms with E-state index in [-0.39, 0.29) is 5.82 Å². The summed E-state index contributed by atoms with van der Waals surface area (Å²) in [6, 6.07) is 21.7. The highest BCUT2D eigenvalue weighted by molar-refractivity contribution is 5.48. The molecule has 0 amide bonds. The Kier molecular flexibility index (Phi) is 9.82. The van der Waals surface area contributed by atoms with Crippen molar-refractivity contribution in [1.29, 1.82) is 0 Å². The predicted molar refractivity (Wildman–Crippen MR) is 138 cm³/mol. The molecule has 0 aliphatic carbocycles. The maximum absolute atomic E-state index is 14.4. The zero-order valence-corrected chi connectivity index (χ0v) is 19.9. The maximum atomic E-state index is 14.4. The van der Waals surface area contributed by atoms with Crippen molar-refractivity contribution < 1.29 is 4.39 Å². The van der Waals surface area contributed by atoms with Gasteiger partial charge in [-0.25, -0.2) is 4.39 Å². The minimum absolute atomic E-state index is 0.240. The molecule has 0 saturated heterocycles. The summed E-state index contributed by atoms with van der Waals surface area (Å²) in [5, 5.41) is 0. The standard InChI is InChI=1S/C32H33F/c1-3-5-7-9-26-11-13-27(14-12-26)15-16-28-17-19-29(20-18-28)21-23-31-24-22-30(25-32(31)33)10-8-6-4-2/h11-14,17-20,22,24-25H,3-10H2,1-2H3. The smallest absolute Gasteiger partial charge is 0.139 e. The van der Waals surface area contributed by atoms with E-state index in [1.54, 1.807) is 12.1 Å². The van der Waals surface area contributed by atoms with Crippen LogP contribution < -0.4 is 0 Å². The molecule has 0 fully saturated rings. The van der Waals surface area contributed by atoms with Crippen LogP contribution in [0, 0.1) is 29.5 Å². The topological polar surface area (TPSA) is 0 Å². The molecule has 0 nitrogen and oxygen atoms in total. The van der Waals surface area contributed by atoms with E-state index < -0.39 is 0 Å². The van der Waals surface area contributed by atoms with Crippen LogP contribution in [0.4, 0.5) is 4.39 Å². The summed E-state index contributed by atoms with van der Waals surface area (Å²) < 4.78 is 14.4. The first-order valence-electron chi connectivity index (χ1n) is 12.2. The van der Waals surface area contributed by atoms with E-state index in [0.29, 0.717) is 5.56 Å². The van der Waals surface area contributed by atoms with E-state index in [1.165, 1.54) is 37.7 Å². The maximum Gasteiger partial charge on any atom is 0.139 e. The summed E-state index contributed by atoms with van der Waals surface area (Å²) in [7, 11) is 0. The summed E-state index contributed by atoms with van der Waals surface area (Å²) in [4.78, 5) is 0. The third kappa shape index (κ3) is 8.29. The molecule has 3 aromatic rings. The SMILES string of the molecule is CCCCCc1ccc(C#Cc2ccc(C#Cc3ccc(CCCCC)cc3F)cc2)cc1. The van der Waals surface area contributed by atoms with Crippen molar-refractivity contribution in [3.63, 3.8) is 0 Å². The van der Waals surface area contributed by atoms with E-state index in [0.717, 1.165) is 41.5 Å². The van der Waals surface area contributed by atoms with Crippen LogP contribution in [0.25, 0.3) is 0 Å². The van der Waals surface area contributed by atoms with E-state index in [4.69, 9.17) is 0 Å². The van der Waals surface area contributed by atoms with Crippen LogP contribution in [0.15, 0.2) is 66.7 Å². The fourth-order valence-electron chi connectivity index (χ4n) is 3.65. The molecule has 0 bridgehead atoms. The molecule has 3 aromatic carbocycles. The first-order valence-corrected chi connectivity index (χ1v) is 12.2. The van der Waals surface area contributed by atoms with Gasteiger partial charge in [0, 0.05) is 16.7 Å². The van der Waals surface area contributed by atoms with Crippen LogP contribution in [0.2, 0.25) is 0 Å². The Morgan fingerprint density at radius 3 is 1.52 bits per heavy atom. The molecule has 168 valence electrons. The Hall–Kier alpha value is -3.29. The molecule has 0 unspecified atom stereocenters. The highest BCUT2D eigenvalue weighted by Gasteiger charge is 2.01. The molecule has 0 radical (unpaired) electrons. The molecule has 0 aliphatic heterocycles. The van der Waals surface area contributed by atoms with Crippen molar-refractivity contribution in [2.24, 2.45) is 0 Å². The van der Waals surface area contributed by atoms with E-state index in [1.807, 2.05) is 30.3 Å². The number of rotatable bonds is 8. The Morgan fingerprint density at radius 2 is 1.00 bits per heavy atom. The Bertz CT molecular complexity index is 1130. The molecule has 0 spiro atoms. The van der Waals surface area contributed by atoms with Crippen LogP contribution in [0.1, 0.15) is 85.8 Å². The first kappa shape index (κ1) is 24.4. The molecule has 0 saturated carbocycles. The zero-order valence-electron chi connectivity index (χ0n) is 19.9. The van der Waals surface area contributed by atoms with Gasteiger partial charge >= 0.3 is 0 Å². The van der Waals surface area contributed by atoms with Crippen LogP contribution in [-0.2, 0) is 12.8 Å². The quantitative estimate of drug-likeness (QED) is 0.247. The lowest BCUT2D eigenvalue weighted by Gasteiger charge is -2.02. The van der Waals surface area contributed by atoms with Gasteiger partial charge in [0.1, 0.15) is 5.82 Å². The zero-order chi connectivity index (χ0) is 23.3. The third-order valence-electron chi connectivity index (χ3n) is 5.70. The number of hydrogen-bond donors (Lipinski definition) is 0. The lowest BCUT2D eigenvalue weighted by molar-refractivity contribution is 0.619. The summed E-state index contributed by atoms with van der Waals surface area (Å²) in [5.41, 5.74) is 5.67. The molecular formula is C32H33F. The van der Waals surface area contributed by atoms with Crippen molar-refractivity contribution in [2.75, 3.05) is 0 Å². The summed E-state index contributed by atoms with van der Waals surface area (Å²) in [6.07, 6.45) is 9.27. The second kappa shape index (κ2) is 13.3. The minimum atomic E-state index is -0.240. The molecule has 3 rings (SSSR count). The normalized spacial score (nSPS) is 10.2. The second-order valence-electron chi connectivity index (χ2n) is 8.50. The van der Waals surface area contributed by atoms with E-state index in [2.05, 4.69) is 61.8 Å². The van der Waals surface area contributed by atoms with Crippen LogP contribution in [0.3, 0.4) is 0 Å². The monoisotopic (exact) mass is 436 g/mol. The van der Waals surface area contributed by atoms with E-state index in [9.17, 15) is 4.39 Å². The summed E-state index contributed by atoms with van der Waals surface area (Å²) in [6.45, 7) is 4.40. The van der Waals surface area contributed by atoms with Gasteiger partial charge in [0.05, 0.1) is 5.56 Å². The second-order valence-corrected chi connectivity index (χ2v) is 8.50. The largest absolute Gasteiger partial charge is 0.206 e. The summed E-state index contributed by atoms with van der Waals surface area (Å²) >= 11 is 0. The lowest BCUT2D eigenvalue weighted by Crippen LogP contribution is -1.90. The Balaban J connectivity index is 1.59. The highest BCUT2D eigenvalue weighted by Crippen LogP contribution is 2.13. The van der Waals surface area contributed by atoms with Crippen molar-refractivity contribution in [2.45, 2.75) is 65.2 Å². The molecular weight excluding hydrogens is 403 g/mol. The first-order chi connectivity index (χ1) is 16.2. The average Bonchev–Trinajstić information content (AvgIpc) is 2.84. The van der Waals surface area contributed by atoms with Gasteiger partial charge in [-0.2, -0.15) is 0 Å². The van der Waals surface area contributed by atoms with Crippen molar-refractivity contribution >= 4 is 0 Å². The Morgan fingerprint density at radius 1 is 0.545 bits per heavy atom. The van der Waals surface area contributed by atoms with Crippen LogP contribution >= 0.6 is 0 Å². The van der Waals surface area contributed by atoms with Crippen molar-refractivity contribution in [3.05, 3.63) is 106 Å². The predicted octanol–water partition coefficient (Wildman–Crippen LogP) is 8.09. The lowest BCUT2D eigenvalue weighted by atomic mass is 10.0. The summed E-state index contributed by atoms with van der Waals surface area (Å²) in [5.74, 6) is 12.2. The fourth-order valence-corrected chi connectivity index (χ4v) is 3.65. The fraction of sp³-hybridized carbons (Fsp3) is 0.312. The number of aryl methyl sites for hydroxylation is 2. The van der Waals surface area contributed by atoms with Gasteiger partial charge in [-0.05, 0) is 85.3 Å². The van der Waals surface area contributed by atoms with Gasteiger partial charge in [-0.1, -0.05) is 81.4 Å². The molecule has 0 atom stereocenters. The van der Waals surface area contributed by atoms with Crippen LogP contribution in [0.5, 0.6) is 0 Å². The molecule has 0 heterocycles. The van der Waals surface area contributed by atoms with Crippen molar-refractivity contribution in [1.82, 2.24) is 0 Å². The van der Waals surface area contributed by atoms with Gasteiger partial charge in [0.25, 0.3) is 0 Å². The molecule has 0 aromatic heterocycles. The third-order valence-corrected chi connectivity index (χ3v) is 5.70. The number of hydrogen-bond acceptors (Lipinski definition) is 0. The average molecular weight is 437 g/mol. The number of halogens is 1. The van der Waals surface area contributed by atoms with Gasteiger partial charge in [-0.3, -0.25) is 0 Å². The van der Waals surface area contributed by atoms with Gasteiger partial charge in [0.2, 0.25) is 0 Å². The molecule has 33 heavy (non-hydrogen) atoms.